The molecule has 0 fully saturated rings. The van der Waals surface area contributed by atoms with Crippen LogP contribution in [-0.4, -0.2) is 38.2 Å². The fourth-order valence-corrected chi connectivity index (χ4v) is 3.31. The molecule has 0 saturated carbocycles. The Bertz CT molecular complexity index is 1400. The van der Waals surface area contributed by atoms with Gasteiger partial charge in [-0.05, 0) is 30.3 Å². The first-order valence-corrected chi connectivity index (χ1v) is 9.58. The molecule has 0 aliphatic carbocycles. The monoisotopic (exact) mass is 411 g/mol. The second-order valence-electron chi connectivity index (χ2n) is 6.83. The Kier molecular flexibility index (Phi) is 4.72. The molecule has 0 bridgehead atoms. The topological polar surface area (TPSA) is 91.5 Å². The molecule has 5 rings (SSSR count). The van der Waals surface area contributed by atoms with E-state index in [1.807, 2.05) is 48.5 Å². The van der Waals surface area contributed by atoms with E-state index in [0.29, 0.717) is 22.8 Å². The van der Waals surface area contributed by atoms with Crippen molar-refractivity contribution in [2.75, 3.05) is 7.11 Å². The number of carbonyl (C=O) groups is 1. The number of nitrogens with zero attached hydrogens (tertiary/aromatic N) is 5. The molecule has 0 aliphatic rings. The van der Waals surface area contributed by atoms with Gasteiger partial charge in [-0.25, -0.2) is 0 Å². The average molecular weight is 411 g/mol. The van der Waals surface area contributed by atoms with E-state index in [2.05, 4.69) is 20.3 Å². The van der Waals surface area contributed by atoms with Crippen molar-refractivity contribution in [3.63, 3.8) is 0 Å². The summed E-state index contributed by atoms with van der Waals surface area (Å²) in [5, 5.41) is 13.9. The molecule has 31 heavy (non-hydrogen) atoms. The molecular weight excluding hydrogens is 394 g/mol. The van der Waals surface area contributed by atoms with E-state index in [-0.39, 0.29) is 6.61 Å². The third-order valence-electron chi connectivity index (χ3n) is 4.94. The number of fused-ring (bicyclic) bond motifs is 2. The van der Waals surface area contributed by atoms with Gasteiger partial charge in [-0.2, -0.15) is 9.61 Å². The van der Waals surface area contributed by atoms with Crippen LogP contribution < -0.4 is 9.47 Å². The molecule has 0 spiro atoms. The molecule has 3 heterocycles. The number of pyridine rings is 1. The highest BCUT2D eigenvalue weighted by Gasteiger charge is 2.11. The van der Waals surface area contributed by atoms with Gasteiger partial charge in [0.1, 0.15) is 24.4 Å². The molecule has 0 radical (unpaired) electrons. The number of hydrogen-bond donors (Lipinski definition) is 0. The Morgan fingerprint density at radius 3 is 2.68 bits per heavy atom. The van der Waals surface area contributed by atoms with Gasteiger partial charge in [0, 0.05) is 28.8 Å². The van der Waals surface area contributed by atoms with Crippen LogP contribution in [-0.2, 0) is 6.61 Å². The lowest BCUT2D eigenvalue weighted by Gasteiger charge is -2.09. The summed E-state index contributed by atoms with van der Waals surface area (Å²) in [6.07, 6.45) is 2.51. The minimum absolute atomic E-state index is 0.187. The van der Waals surface area contributed by atoms with Crippen LogP contribution in [0.25, 0.3) is 27.8 Å². The van der Waals surface area contributed by atoms with Crippen LogP contribution in [0.3, 0.4) is 0 Å². The van der Waals surface area contributed by atoms with E-state index in [1.54, 1.807) is 30.0 Å². The number of aldehydes is 1. The van der Waals surface area contributed by atoms with Crippen molar-refractivity contribution in [3.8, 4) is 22.8 Å². The maximum atomic E-state index is 10.9. The maximum absolute atomic E-state index is 10.9. The van der Waals surface area contributed by atoms with Crippen molar-refractivity contribution in [3.05, 3.63) is 78.2 Å². The highest BCUT2D eigenvalue weighted by Crippen LogP contribution is 2.27. The van der Waals surface area contributed by atoms with Crippen molar-refractivity contribution < 1.29 is 14.3 Å². The molecular formula is C23H17N5O3. The van der Waals surface area contributed by atoms with E-state index in [1.165, 1.54) is 0 Å². The summed E-state index contributed by atoms with van der Waals surface area (Å²) in [5.41, 5.74) is 3.65. The zero-order chi connectivity index (χ0) is 21.2. The number of rotatable bonds is 6. The van der Waals surface area contributed by atoms with Gasteiger partial charge in [-0.15, -0.1) is 10.2 Å². The van der Waals surface area contributed by atoms with Crippen LogP contribution >= 0.6 is 0 Å². The van der Waals surface area contributed by atoms with Gasteiger partial charge in [0.05, 0.1) is 18.3 Å². The number of methoxy groups -OCH3 is 1. The van der Waals surface area contributed by atoms with Crippen molar-refractivity contribution in [1.29, 1.82) is 0 Å². The first-order valence-electron chi connectivity index (χ1n) is 9.58. The summed E-state index contributed by atoms with van der Waals surface area (Å²) in [6.45, 7) is 0.187. The third-order valence-corrected chi connectivity index (χ3v) is 4.94. The first-order chi connectivity index (χ1) is 15.2. The molecule has 0 aliphatic heterocycles. The van der Waals surface area contributed by atoms with Crippen LogP contribution in [0.1, 0.15) is 16.2 Å². The van der Waals surface area contributed by atoms with Gasteiger partial charge in [0.15, 0.2) is 11.5 Å². The van der Waals surface area contributed by atoms with Gasteiger partial charge in [0.25, 0.3) is 0 Å². The molecule has 5 aromatic rings. The van der Waals surface area contributed by atoms with Gasteiger partial charge in [-0.1, -0.05) is 24.3 Å². The molecule has 0 N–H and O–H groups in total. The summed E-state index contributed by atoms with van der Waals surface area (Å²) in [4.78, 5) is 15.3. The lowest BCUT2D eigenvalue weighted by molar-refractivity contribution is 0.112. The standard InChI is InChI=1S/C23H17N5O3/c1-30-17-6-7-18-20(12-17)24-11-10-21(18)31-14-23-26-25-22-9-8-19(27-28(22)23)16-4-2-15(13-29)3-5-16/h2-13H,14H2,1H3. The molecule has 0 atom stereocenters. The zero-order valence-electron chi connectivity index (χ0n) is 16.6. The summed E-state index contributed by atoms with van der Waals surface area (Å²) < 4.78 is 13.0. The Labute approximate surface area is 177 Å². The van der Waals surface area contributed by atoms with Crippen LogP contribution in [0, 0.1) is 0 Å². The molecule has 8 heteroatoms. The normalized spacial score (nSPS) is 11.0. The quantitative estimate of drug-likeness (QED) is 0.393. The summed E-state index contributed by atoms with van der Waals surface area (Å²) >= 11 is 0. The lowest BCUT2D eigenvalue weighted by atomic mass is 10.1. The fraction of sp³-hybridized carbons (Fsp3) is 0.0870. The van der Waals surface area contributed by atoms with Gasteiger partial charge in [-0.3, -0.25) is 9.78 Å². The smallest absolute Gasteiger partial charge is 0.192 e. The Morgan fingerprint density at radius 2 is 1.87 bits per heavy atom. The predicted molar refractivity (Wildman–Crippen MR) is 114 cm³/mol. The van der Waals surface area contributed by atoms with Crippen molar-refractivity contribution in [2.45, 2.75) is 6.61 Å². The van der Waals surface area contributed by atoms with Crippen LogP contribution in [0.15, 0.2) is 66.9 Å². The molecule has 0 amide bonds. The second-order valence-corrected chi connectivity index (χ2v) is 6.83. The summed E-state index contributed by atoms with van der Waals surface area (Å²) in [7, 11) is 1.62. The number of benzene rings is 2. The third kappa shape index (κ3) is 3.55. The van der Waals surface area contributed by atoms with Crippen LogP contribution in [0.4, 0.5) is 0 Å². The SMILES string of the molecule is COc1ccc2c(OCc3nnc4ccc(-c5ccc(C=O)cc5)nn34)ccnc2c1. The number of ether oxygens (including phenoxy) is 2. The second kappa shape index (κ2) is 7.83. The van der Waals surface area contributed by atoms with E-state index >= 15 is 0 Å². The molecule has 2 aromatic carbocycles. The summed E-state index contributed by atoms with van der Waals surface area (Å²) in [5.74, 6) is 1.99. The minimum Gasteiger partial charge on any atom is -0.497 e. The van der Waals surface area contributed by atoms with Gasteiger partial charge >= 0.3 is 0 Å². The minimum atomic E-state index is 0.187. The zero-order valence-corrected chi connectivity index (χ0v) is 16.6. The van der Waals surface area contributed by atoms with Crippen molar-refractivity contribution >= 4 is 22.8 Å². The molecule has 152 valence electrons. The Hall–Kier alpha value is -4.33. The van der Waals surface area contributed by atoms with Gasteiger partial charge < -0.3 is 9.47 Å². The van der Waals surface area contributed by atoms with Crippen molar-refractivity contribution in [2.24, 2.45) is 0 Å². The lowest BCUT2D eigenvalue weighted by Crippen LogP contribution is -2.05. The Balaban J connectivity index is 1.44. The average Bonchev–Trinajstić information content (AvgIpc) is 3.24. The highest BCUT2D eigenvalue weighted by atomic mass is 16.5. The van der Waals surface area contributed by atoms with Crippen LogP contribution in [0.2, 0.25) is 0 Å². The van der Waals surface area contributed by atoms with Gasteiger partial charge in [0.2, 0.25) is 0 Å². The molecule has 0 unspecified atom stereocenters. The van der Waals surface area contributed by atoms with E-state index in [9.17, 15) is 4.79 Å². The summed E-state index contributed by atoms with van der Waals surface area (Å²) in [6, 6.07) is 18.4. The molecule has 0 saturated heterocycles. The fourth-order valence-electron chi connectivity index (χ4n) is 3.31. The largest absolute Gasteiger partial charge is 0.497 e. The number of carbonyl (C=O) groups excluding carboxylic acids is 1. The first kappa shape index (κ1) is 18.7. The molecule has 3 aromatic heterocycles. The van der Waals surface area contributed by atoms with Crippen LogP contribution in [0.5, 0.6) is 11.5 Å². The van der Waals surface area contributed by atoms with E-state index in [0.717, 1.165) is 34.2 Å². The predicted octanol–water partition coefficient (Wildman–Crippen LogP) is 3.74. The van der Waals surface area contributed by atoms with E-state index in [4.69, 9.17) is 9.47 Å². The Morgan fingerprint density at radius 1 is 1.00 bits per heavy atom. The van der Waals surface area contributed by atoms with E-state index < -0.39 is 0 Å². The van der Waals surface area contributed by atoms with Crippen molar-refractivity contribution in [1.82, 2.24) is 24.8 Å². The number of hydrogen-bond acceptors (Lipinski definition) is 7. The highest BCUT2D eigenvalue weighted by molar-refractivity contribution is 5.86. The molecule has 8 nitrogen and oxygen atoms in total. The number of aromatic nitrogens is 5. The maximum Gasteiger partial charge on any atom is 0.192 e.